The Hall–Kier alpha value is -2.95. The number of H-pyrrole nitrogens is 1. The highest BCUT2D eigenvalue weighted by Crippen LogP contribution is 2.33. The van der Waals surface area contributed by atoms with Crippen molar-refractivity contribution in [3.05, 3.63) is 57.4 Å². The van der Waals surface area contributed by atoms with Crippen LogP contribution in [0.2, 0.25) is 0 Å². The first-order valence-electron chi connectivity index (χ1n) is 9.29. The van der Waals surface area contributed by atoms with E-state index >= 15 is 0 Å². The van der Waals surface area contributed by atoms with Gasteiger partial charge in [0.15, 0.2) is 5.82 Å². The van der Waals surface area contributed by atoms with Gasteiger partial charge in [0.25, 0.3) is 5.91 Å². The van der Waals surface area contributed by atoms with Crippen LogP contribution >= 0.6 is 0 Å². The summed E-state index contributed by atoms with van der Waals surface area (Å²) in [5.41, 5.74) is 10.8. The Balaban J connectivity index is 1.85. The molecule has 2 N–H and O–H groups in total. The molecular weight excluding hydrogens is 336 g/mol. The molecule has 0 atom stereocenters. The van der Waals surface area contributed by atoms with E-state index in [0.29, 0.717) is 12.1 Å². The zero-order valence-electron chi connectivity index (χ0n) is 16.4. The first-order chi connectivity index (χ1) is 12.9. The Morgan fingerprint density at radius 2 is 1.63 bits per heavy atom. The number of fused-ring (bicyclic) bond motifs is 1. The maximum Gasteiger partial charge on any atom is 0.253 e. The molecule has 3 heterocycles. The molecule has 1 amide bonds. The summed E-state index contributed by atoms with van der Waals surface area (Å²) in [6.07, 6.45) is 2.61. The Bertz CT molecular complexity index is 1050. The van der Waals surface area contributed by atoms with Gasteiger partial charge in [-0.25, -0.2) is 9.97 Å². The van der Waals surface area contributed by atoms with E-state index in [0.717, 1.165) is 34.9 Å². The van der Waals surface area contributed by atoms with E-state index in [4.69, 9.17) is 4.98 Å². The Kier molecular flexibility index (Phi) is 4.10. The smallest absolute Gasteiger partial charge is 0.253 e. The summed E-state index contributed by atoms with van der Waals surface area (Å²) in [6, 6.07) is 3.78. The van der Waals surface area contributed by atoms with Crippen molar-refractivity contribution in [3.63, 3.8) is 0 Å². The first-order valence-corrected chi connectivity index (χ1v) is 9.29. The van der Waals surface area contributed by atoms with Gasteiger partial charge in [-0.3, -0.25) is 4.79 Å². The van der Waals surface area contributed by atoms with Gasteiger partial charge in [-0.05, 0) is 74.6 Å². The molecule has 0 saturated heterocycles. The van der Waals surface area contributed by atoms with E-state index < -0.39 is 0 Å². The molecule has 2 aromatic heterocycles. The highest BCUT2D eigenvalue weighted by Gasteiger charge is 2.21. The molecule has 0 bridgehead atoms. The summed E-state index contributed by atoms with van der Waals surface area (Å²) < 4.78 is 0. The summed E-state index contributed by atoms with van der Waals surface area (Å²) in [6.45, 7) is 11.4. The van der Waals surface area contributed by atoms with E-state index in [1.807, 2.05) is 12.1 Å². The molecular formula is C22H24N4O. The molecule has 138 valence electrons. The van der Waals surface area contributed by atoms with Crippen molar-refractivity contribution < 1.29 is 4.79 Å². The molecule has 27 heavy (non-hydrogen) atoms. The van der Waals surface area contributed by atoms with Gasteiger partial charge in [0.2, 0.25) is 0 Å². The number of hydrogen-bond donors (Lipinski definition) is 2. The molecule has 5 nitrogen and oxygen atoms in total. The summed E-state index contributed by atoms with van der Waals surface area (Å²) in [4.78, 5) is 24.8. The van der Waals surface area contributed by atoms with Gasteiger partial charge in [0, 0.05) is 30.4 Å². The van der Waals surface area contributed by atoms with Crippen LogP contribution in [0.4, 0.5) is 0 Å². The summed E-state index contributed by atoms with van der Waals surface area (Å²) in [5, 5.41) is 2.88. The molecule has 0 aliphatic carbocycles. The normalized spacial score (nSPS) is 13.4. The van der Waals surface area contributed by atoms with Crippen molar-refractivity contribution in [2.45, 2.75) is 41.0 Å². The standard InChI is InChI=1S/C22H24N4O/c1-11-12(2)14(4)20(15(5)13(11)3)21-23-8-7-18(26-21)19-10-16-17(25-19)6-9-24-22(16)27/h7-8,10,25H,6,9H2,1-5H3,(H,24,27). The molecule has 0 fully saturated rings. The predicted octanol–water partition coefficient (Wildman–Crippen LogP) is 3.97. The zero-order valence-corrected chi connectivity index (χ0v) is 16.4. The van der Waals surface area contributed by atoms with Crippen molar-refractivity contribution in [1.82, 2.24) is 20.3 Å². The lowest BCUT2D eigenvalue weighted by Gasteiger charge is -2.18. The highest BCUT2D eigenvalue weighted by atomic mass is 16.1. The van der Waals surface area contributed by atoms with Gasteiger partial charge in [-0.1, -0.05) is 0 Å². The first kappa shape index (κ1) is 17.5. The van der Waals surface area contributed by atoms with E-state index in [9.17, 15) is 4.79 Å². The molecule has 0 saturated carbocycles. The number of carbonyl (C=O) groups excluding carboxylic acids is 1. The van der Waals surface area contributed by atoms with Crippen molar-refractivity contribution >= 4 is 5.91 Å². The summed E-state index contributed by atoms with van der Waals surface area (Å²) in [5.74, 6) is 0.704. The van der Waals surface area contributed by atoms with E-state index in [2.05, 4.69) is 49.9 Å². The van der Waals surface area contributed by atoms with E-state index in [1.54, 1.807) is 6.20 Å². The second-order valence-corrected chi connectivity index (χ2v) is 7.35. The van der Waals surface area contributed by atoms with E-state index in [-0.39, 0.29) is 5.91 Å². The number of nitrogens with zero attached hydrogens (tertiary/aromatic N) is 2. The summed E-state index contributed by atoms with van der Waals surface area (Å²) in [7, 11) is 0. The van der Waals surface area contributed by atoms with Crippen LogP contribution in [0.3, 0.4) is 0 Å². The molecule has 5 heteroatoms. The quantitative estimate of drug-likeness (QED) is 0.726. The van der Waals surface area contributed by atoms with Gasteiger partial charge >= 0.3 is 0 Å². The third kappa shape index (κ3) is 2.74. The molecule has 1 aliphatic rings. The van der Waals surface area contributed by atoms with Crippen LogP contribution in [0.25, 0.3) is 22.8 Å². The third-order valence-electron chi connectivity index (χ3n) is 5.96. The van der Waals surface area contributed by atoms with Crippen LogP contribution in [0, 0.1) is 34.6 Å². The topological polar surface area (TPSA) is 70.7 Å². The molecule has 1 aliphatic heterocycles. The fraction of sp³-hybridized carbons (Fsp3) is 0.318. The van der Waals surface area contributed by atoms with Crippen LogP contribution in [0.1, 0.15) is 43.9 Å². The minimum absolute atomic E-state index is 0.0236. The van der Waals surface area contributed by atoms with Gasteiger partial charge in [0.05, 0.1) is 17.0 Å². The second kappa shape index (κ2) is 6.34. The lowest BCUT2D eigenvalue weighted by Crippen LogP contribution is -2.31. The molecule has 1 aromatic carbocycles. The molecule has 0 unspecified atom stereocenters. The maximum absolute atomic E-state index is 12.1. The third-order valence-corrected chi connectivity index (χ3v) is 5.96. The average Bonchev–Trinajstić information content (AvgIpc) is 3.11. The number of amides is 1. The number of nitrogens with one attached hydrogen (secondary N) is 2. The van der Waals surface area contributed by atoms with Crippen molar-refractivity contribution in [2.24, 2.45) is 0 Å². The fourth-order valence-electron chi connectivity index (χ4n) is 3.90. The largest absolute Gasteiger partial charge is 0.356 e. The molecule has 0 radical (unpaired) electrons. The minimum atomic E-state index is -0.0236. The molecule has 0 spiro atoms. The molecule has 4 rings (SSSR count). The monoisotopic (exact) mass is 360 g/mol. The number of rotatable bonds is 2. The van der Waals surface area contributed by atoms with Gasteiger partial charge in [-0.15, -0.1) is 0 Å². The van der Waals surface area contributed by atoms with Crippen LogP contribution in [-0.4, -0.2) is 27.4 Å². The number of aromatic amines is 1. The van der Waals surface area contributed by atoms with Gasteiger partial charge in [0.1, 0.15) is 0 Å². The van der Waals surface area contributed by atoms with Crippen molar-refractivity contribution in [3.8, 4) is 22.8 Å². The van der Waals surface area contributed by atoms with Gasteiger partial charge < -0.3 is 10.3 Å². The fourth-order valence-corrected chi connectivity index (χ4v) is 3.90. The number of aromatic nitrogens is 3. The maximum atomic E-state index is 12.1. The van der Waals surface area contributed by atoms with E-state index in [1.165, 1.54) is 27.8 Å². The second-order valence-electron chi connectivity index (χ2n) is 7.35. The Labute approximate surface area is 159 Å². The SMILES string of the molecule is Cc1c(C)c(C)c(-c2nccc(-c3cc4c([nH]3)CCNC4=O)n2)c(C)c1C. The Morgan fingerprint density at radius 1 is 0.963 bits per heavy atom. The van der Waals surface area contributed by atoms with Crippen LogP contribution in [0.5, 0.6) is 0 Å². The average molecular weight is 360 g/mol. The number of benzene rings is 1. The van der Waals surface area contributed by atoms with Crippen LogP contribution < -0.4 is 5.32 Å². The highest BCUT2D eigenvalue weighted by molar-refractivity contribution is 5.97. The van der Waals surface area contributed by atoms with Gasteiger partial charge in [-0.2, -0.15) is 0 Å². The molecule has 3 aromatic rings. The van der Waals surface area contributed by atoms with Crippen molar-refractivity contribution in [2.75, 3.05) is 6.54 Å². The van der Waals surface area contributed by atoms with Crippen LogP contribution in [0.15, 0.2) is 18.3 Å². The Morgan fingerprint density at radius 3 is 2.30 bits per heavy atom. The lowest BCUT2D eigenvalue weighted by molar-refractivity contribution is 0.0946. The number of carbonyl (C=O) groups is 1. The predicted molar refractivity (Wildman–Crippen MR) is 107 cm³/mol. The van der Waals surface area contributed by atoms with Crippen LogP contribution in [-0.2, 0) is 6.42 Å². The minimum Gasteiger partial charge on any atom is -0.356 e. The zero-order chi connectivity index (χ0) is 19.3. The van der Waals surface area contributed by atoms with Crippen molar-refractivity contribution in [1.29, 1.82) is 0 Å². The summed E-state index contributed by atoms with van der Waals surface area (Å²) >= 11 is 0. The number of hydrogen-bond acceptors (Lipinski definition) is 3. The lowest BCUT2D eigenvalue weighted by atomic mass is 9.89.